The Kier molecular flexibility index (Phi) is 6.55. The number of halogens is 5. The topological polar surface area (TPSA) is 86.1 Å². The molecule has 0 saturated carbocycles. The van der Waals surface area contributed by atoms with Crippen LogP contribution in [-0.4, -0.2) is 39.6 Å². The first kappa shape index (κ1) is 23.7. The van der Waals surface area contributed by atoms with Crippen LogP contribution in [0.3, 0.4) is 0 Å². The zero-order chi connectivity index (χ0) is 25.2. The number of benzene rings is 2. The van der Waals surface area contributed by atoms with E-state index in [1.807, 2.05) is 0 Å². The molecule has 1 aliphatic rings. The van der Waals surface area contributed by atoms with Crippen LogP contribution in [0.2, 0.25) is 0 Å². The molecule has 0 aliphatic carbocycles. The van der Waals surface area contributed by atoms with Crippen LogP contribution >= 0.6 is 0 Å². The highest BCUT2D eigenvalue weighted by atomic mass is 19.3. The van der Waals surface area contributed by atoms with Gasteiger partial charge in [-0.1, -0.05) is 0 Å². The number of nitrogens with zero attached hydrogens (tertiary/aromatic N) is 4. The van der Waals surface area contributed by atoms with Gasteiger partial charge >= 0.3 is 6.61 Å². The predicted molar refractivity (Wildman–Crippen MR) is 120 cm³/mol. The smallest absolute Gasteiger partial charge is 0.387 e. The van der Waals surface area contributed by atoms with Crippen molar-refractivity contribution in [1.82, 2.24) is 19.7 Å². The summed E-state index contributed by atoms with van der Waals surface area (Å²) in [6.45, 7) is -1.90. The maximum atomic E-state index is 14.3. The summed E-state index contributed by atoms with van der Waals surface area (Å²) in [6.07, 6.45) is 2.73. The molecule has 0 unspecified atom stereocenters. The van der Waals surface area contributed by atoms with Crippen LogP contribution in [-0.2, 0) is 4.74 Å². The number of hydrogen-bond acceptors (Lipinski definition) is 7. The van der Waals surface area contributed by atoms with Crippen molar-refractivity contribution in [1.29, 1.82) is 0 Å². The molecule has 0 spiro atoms. The Labute approximate surface area is 201 Å². The van der Waals surface area contributed by atoms with E-state index in [1.165, 1.54) is 30.5 Å². The van der Waals surface area contributed by atoms with E-state index in [4.69, 9.17) is 4.74 Å². The van der Waals surface area contributed by atoms with Crippen molar-refractivity contribution < 1.29 is 31.4 Å². The SMILES string of the molecule is Fc1cc(F)c(Nc2nn(C3CCOCC3)c3nc(Nc4ccc(OC(F)F)cc4)ncc23)c(F)c1. The summed E-state index contributed by atoms with van der Waals surface area (Å²) in [7, 11) is 0. The van der Waals surface area contributed by atoms with Gasteiger partial charge in [0, 0.05) is 37.2 Å². The lowest BCUT2D eigenvalue weighted by Gasteiger charge is -2.22. The lowest BCUT2D eigenvalue weighted by molar-refractivity contribution is -0.0498. The van der Waals surface area contributed by atoms with Crippen LogP contribution in [0.5, 0.6) is 5.75 Å². The summed E-state index contributed by atoms with van der Waals surface area (Å²) < 4.78 is 78.0. The zero-order valence-corrected chi connectivity index (χ0v) is 18.5. The van der Waals surface area contributed by atoms with Gasteiger partial charge in [-0.15, -0.1) is 0 Å². The van der Waals surface area contributed by atoms with E-state index >= 15 is 0 Å². The van der Waals surface area contributed by atoms with Crippen molar-refractivity contribution in [2.24, 2.45) is 0 Å². The van der Waals surface area contributed by atoms with E-state index in [9.17, 15) is 22.0 Å². The molecule has 5 rings (SSSR count). The van der Waals surface area contributed by atoms with Gasteiger partial charge in [0.15, 0.2) is 23.1 Å². The second-order valence-corrected chi connectivity index (χ2v) is 7.96. The van der Waals surface area contributed by atoms with E-state index in [-0.39, 0.29) is 23.6 Å². The van der Waals surface area contributed by atoms with Gasteiger partial charge in [0.1, 0.15) is 17.3 Å². The van der Waals surface area contributed by atoms with Gasteiger partial charge in [0.25, 0.3) is 0 Å². The standard InChI is InChI=1S/C23H19F5N6O2/c24-12-9-17(25)19(18(26)10-12)31-20-16-11-29-23(30-13-1-3-15(4-2-13)36-22(27)28)32-21(16)34(33-20)14-5-7-35-8-6-14/h1-4,9-11,14,22H,5-8H2,(H,31,33)(H,29,30,32). The summed E-state index contributed by atoms with van der Waals surface area (Å²) in [5.41, 5.74) is 0.354. The third-order valence-electron chi connectivity index (χ3n) is 5.57. The molecule has 0 atom stereocenters. The van der Waals surface area contributed by atoms with Crippen molar-refractivity contribution >= 4 is 34.2 Å². The van der Waals surface area contributed by atoms with Gasteiger partial charge in [0.05, 0.1) is 11.4 Å². The predicted octanol–water partition coefficient (Wildman–Crippen LogP) is 5.68. The molecule has 0 radical (unpaired) electrons. The molecular formula is C23H19F5N6O2. The minimum Gasteiger partial charge on any atom is -0.435 e. The second-order valence-electron chi connectivity index (χ2n) is 7.96. The third kappa shape index (κ3) is 5.00. The van der Waals surface area contributed by atoms with Gasteiger partial charge in [-0.05, 0) is 37.1 Å². The highest BCUT2D eigenvalue weighted by molar-refractivity contribution is 5.90. The fraction of sp³-hybridized carbons (Fsp3) is 0.261. The first-order chi connectivity index (χ1) is 17.4. The van der Waals surface area contributed by atoms with E-state index in [0.717, 1.165) is 0 Å². The van der Waals surface area contributed by atoms with Crippen molar-refractivity contribution in [3.05, 3.63) is 60.0 Å². The molecule has 0 amide bonds. The number of hydrogen-bond donors (Lipinski definition) is 2. The highest BCUT2D eigenvalue weighted by Gasteiger charge is 2.24. The Morgan fingerprint density at radius 1 is 1.00 bits per heavy atom. The van der Waals surface area contributed by atoms with E-state index in [1.54, 1.807) is 4.68 Å². The fourth-order valence-corrected chi connectivity index (χ4v) is 3.89. The van der Waals surface area contributed by atoms with Gasteiger partial charge in [0.2, 0.25) is 5.95 Å². The van der Waals surface area contributed by atoms with Gasteiger partial charge in [-0.3, -0.25) is 0 Å². The molecule has 2 N–H and O–H groups in total. The average Bonchev–Trinajstić information content (AvgIpc) is 3.20. The van der Waals surface area contributed by atoms with E-state index in [2.05, 4.69) is 30.4 Å². The zero-order valence-electron chi connectivity index (χ0n) is 18.5. The maximum Gasteiger partial charge on any atom is 0.387 e. The van der Waals surface area contributed by atoms with Crippen molar-refractivity contribution in [3.63, 3.8) is 0 Å². The molecule has 2 aromatic carbocycles. The largest absolute Gasteiger partial charge is 0.435 e. The van der Waals surface area contributed by atoms with Crippen LogP contribution in [0.15, 0.2) is 42.6 Å². The first-order valence-corrected chi connectivity index (χ1v) is 10.9. The number of aromatic nitrogens is 4. The summed E-state index contributed by atoms with van der Waals surface area (Å²) in [4.78, 5) is 8.79. The molecule has 8 nitrogen and oxygen atoms in total. The minimum atomic E-state index is -2.93. The number of ether oxygens (including phenoxy) is 2. The molecule has 13 heteroatoms. The Bertz CT molecular complexity index is 1350. The molecule has 188 valence electrons. The number of rotatable bonds is 7. The molecule has 0 bridgehead atoms. The van der Waals surface area contributed by atoms with Crippen LogP contribution in [0.25, 0.3) is 11.0 Å². The Hall–Kier alpha value is -4.00. The second kappa shape index (κ2) is 9.93. The average molecular weight is 506 g/mol. The first-order valence-electron chi connectivity index (χ1n) is 10.9. The Morgan fingerprint density at radius 2 is 1.69 bits per heavy atom. The molecular weight excluding hydrogens is 487 g/mol. The molecule has 1 fully saturated rings. The minimum absolute atomic E-state index is 0.000452. The van der Waals surface area contributed by atoms with Crippen molar-refractivity contribution in [2.45, 2.75) is 25.5 Å². The molecule has 1 saturated heterocycles. The lowest BCUT2D eigenvalue weighted by atomic mass is 10.1. The highest BCUT2D eigenvalue weighted by Crippen LogP contribution is 2.32. The van der Waals surface area contributed by atoms with Crippen molar-refractivity contribution in [2.75, 3.05) is 23.8 Å². The van der Waals surface area contributed by atoms with E-state index in [0.29, 0.717) is 54.9 Å². The molecule has 3 heterocycles. The van der Waals surface area contributed by atoms with Gasteiger partial charge in [-0.25, -0.2) is 22.8 Å². The normalized spacial score (nSPS) is 14.4. The number of fused-ring (bicyclic) bond motifs is 1. The molecule has 4 aromatic rings. The molecule has 1 aliphatic heterocycles. The van der Waals surface area contributed by atoms with Crippen molar-refractivity contribution in [3.8, 4) is 5.75 Å². The van der Waals surface area contributed by atoms with Gasteiger partial charge in [-0.2, -0.15) is 18.9 Å². The Morgan fingerprint density at radius 3 is 2.36 bits per heavy atom. The molecule has 36 heavy (non-hydrogen) atoms. The summed E-state index contributed by atoms with van der Waals surface area (Å²) in [5, 5.41) is 10.5. The van der Waals surface area contributed by atoms with E-state index < -0.39 is 29.8 Å². The van der Waals surface area contributed by atoms with Crippen LogP contribution in [0, 0.1) is 17.5 Å². The molecule has 2 aromatic heterocycles. The summed E-state index contributed by atoms with van der Waals surface area (Å²) >= 11 is 0. The lowest BCUT2D eigenvalue weighted by Crippen LogP contribution is -2.21. The summed E-state index contributed by atoms with van der Waals surface area (Å²) in [5.74, 6) is -2.98. The third-order valence-corrected chi connectivity index (χ3v) is 5.57. The number of nitrogens with one attached hydrogen (secondary N) is 2. The monoisotopic (exact) mass is 506 g/mol. The van der Waals surface area contributed by atoms with Crippen LogP contribution in [0.4, 0.5) is 45.1 Å². The number of alkyl halides is 2. The van der Waals surface area contributed by atoms with Crippen LogP contribution < -0.4 is 15.4 Å². The summed E-state index contributed by atoms with van der Waals surface area (Å²) in [6, 6.07) is 6.83. The quantitative estimate of drug-likeness (QED) is 0.312. The van der Waals surface area contributed by atoms with Gasteiger partial charge < -0.3 is 20.1 Å². The maximum absolute atomic E-state index is 14.3. The number of anilines is 4. The Balaban J connectivity index is 1.49. The van der Waals surface area contributed by atoms with Crippen LogP contribution in [0.1, 0.15) is 18.9 Å². The fourth-order valence-electron chi connectivity index (χ4n) is 3.89.